The average Bonchev–Trinajstić information content (AvgIpc) is 2.67. The van der Waals surface area contributed by atoms with Crippen molar-refractivity contribution in [2.24, 2.45) is 5.92 Å². The van der Waals surface area contributed by atoms with Crippen molar-refractivity contribution in [3.05, 3.63) is 64.1 Å². The van der Waals surface area contributed by atoms with Crippen LogP contribution in [0.5, 0.6) is 0 Å². The van der Waals surface area contributed by atoms with Crippen LogP contribution in [0.3, 0.4) is 0 Å². The van der Waals surface area contributed by atoms with Crippen LogP contribution in [-0.2, 0) is 22.6 Å². The Bertz CT molecular complexity index is 843. The molecule has 0 spiro atoms. The molecule has 0 fully saturated rings. The van der Waals surface area contributed by atoms with E-state index < -0.39 is 0 Å². The van der Waals surface area contributed by atoms with Gasteiger partial charge in [0.25, 0.3) is 5.56 Å². The van der Waals surface area contributed by atoms with Gasteiger partial charge in [-0.3, -0.25) is 14.4 Å². The molecule has 2 rings (SSSR count). The number of aromatic nitrogens is 1. The van der Waals surface area contributed by atoms with Crippen molar-refractivity contribution >= 4 is 17.5 Å². The third-order valence-corrected chi connectivity index (χ3v) is 4.59. The van der Waals surface area contributed by atoms with Crippen LogP contribution in [0.2, 0.25) is 0 Å². The third-order valence-electron chi connectivity index (χ3n) is 4.59. The molecule has 1 aromatic carbocycles. The second-order valence-electron chi connectivity index (χ2n) is 6.66. The van der Waals surface area contributed by atoms with E-state index in [1.54, 1.807) is 19.1 Å². The van der Waals surface area contributed by atoms with Crippen LogP contribution in [0, 0.1) is 12.8 Å². The molecule has 2 N–H and O–H groups in total. The van der Waals surface area contributed by atoms with Crippen molar-refractivity contribution in [3.63, 3.8) is 0 Å². The summed E-state index contributed by atoms with van der Waals surface area (Å²) in [4.78, 5) is 36.9. The van der Waals surface area contributed by atoms with Crippen LogP contribution >= 0.6 is 0 Å². The fraction of sp³-hybridized carbons (Fsp3) is 0.381. The van der Waals surface area contributed by atoms with Crippen LogP contribution in [0.1, 0.15) is 31.5 Å². The molecule has 6 heteroatoms. The Morgan fingerprint density at radius 1 is 1.11 bits per heavy atom. The maximum Gasteiger partial charge on any atom is 0.274 e. The first-order valence-electron chi connectivity index (χ1n) is 9.24. The highest BCUT2D eigenvalue weighted by Gasteiger charge is 2.15. The van der Waals surface area contributed by atoms with E-state index in [1.165, 1.54) is 4.57 Å². The highest BCUT2D eigenvalue weighted by atomic mass is 16.2. The standard InChI is InChI=1S/C21H27N3O3/c1-4-15(2)20(26)23-18-11-10-16(3)24(21(18)27)14-19(25)22-13-12-17-8-6-5-7-9-17/h5-11,15H,4,12-14H2,1-3H3,(H,22,25)(H,23,26). The zero-order valence-corrected chi connectivity index (χ0v) is 16.1. The topological polar surface area (TPSA) is 80.2 Å². The van der Waals surface area contributed by atoms with Crippen LogP contribution < -0.4 is 16.2 Å². The highest BCUT2D eigenvalue weighted by Crippen LogP contribution is 2.08. The second kappa shape index (κ2) is 9.71. The van der Waals surface area contributed by atoms with Gasteiger partial charge in [0, 0.05) is 18.2 Å². The molecule has 1 unspecified atom stereocenters. The Hall–Kier alpha value is -2.89. The number of carbonyl (C=O) groups is 2. The van der Waals surface area contributed by atoms with Gasteiger partial charge in [-0.25, -0.2) is 0 Å². The zero-order valence-electron chi connectivity index (χ0n) is 16.1. The van der Waals surface area contributed by atoms with E-state index in [9.17, 15) is 14.4 Å². The lowest BCUT2D eigenvalue weighted by Gasteiger charge is -2.14. The fourth-order valence-electron chi connectivity index (χ4n) is 2.59. The Kier molecular flexibility index (Phi) is 7.34. The molecular formula is C21H27N3O3. The first-order valence-corrected chi connectivity index (χ1v) is 9.24. The van der Waals surface area contributed by atoms with Crippen molar-refractivity contribution in [1.82, 2.24) is 9.88 Å². The van der Waals surface area contributed by atoms with Gasteiger partial charge in [-0.15, -0.1) is 0 Å². The Balaban J connectivity index is 2.00. The largest absolute Gasteiger partial charge is 0.354 e. The second-order valence-corrected chi connectivity index (χ2v) is 6.66. The molecule has 0 bridgehead atoms. The summed E-state index contributed by atoms with van der Waals surface area (Å²) < 4.78 is 1.38. The first-order chi connectivity index (χ1) is 12.9. The SMILES string of the molecule is CCC(C)C(=O)Nc1ccc(C)n(CC(=O)NCCc2ccccc2)c1=O. The van der Waals surface area contributed by atoms with Gasteiger partial charge in [-0.1, -0.05) is 44.2 Å². The molecule has 0 saturated heterocycles. The van der Waals surface area contributed by atoms with Crippen LogP contribution in [0.4, 0.5) is 5.69 Å². The van der Waals surface area contributed by atoms with Gasteiger partial charge >= 0.3 is 0 Å². The summed E-state index contributed by atoms with van der Waals surface area (Å²) in [5.41, 5.74) is 1.63. The van der Waals surface area contributed by atoms with E-state index in [4.69, 9.17) is 0 Å². The number of nitrogens with one attached hydrogen (secondary N) is 2. The highest BCUT2D eigenvalue weighted by molar-refractivity contribution is 5.92. The number of aryl methyl sites for hydroxylation is 1. The summed E-state index contributed by atoms with van der Waals surface area (Å²) in [7, 11) is 0. The number of carbonyl (C=O) groups excluding carboxylic acids is 2. The summed E-state index contributed by atoms with van der Waals surface area (Å²) in [6.07, 6.45) is 1.42. The molecular weight excluding hydrogens is 342 g/mol. The summed E-state index contributed by atoms with van der Waals surface area (Å²) in [5.74, 6) is -0.612. The molecule has 0 aliphatic heterocycles. The van der Waals surface area contributed by atoms with Gasteiger partial charge in [0.15, 0.2) is 0 Å². The van der Waals surface area contributed by atoms with Crippen LogP contribution in [0.15, 0.2) is 47.3 Å². The lowest BCUT2D eigenvalue weighted by molar-refractivity contribution is -0.121. The van der Waals surface area contributed by atoms with E-state index in [2.05, 4.69) is 10.6 Å². The van der Waals surface area contributed by atoms with Crippen molar-refractivity contribution in [2.45, 2.75) is 40.2 Å². The molecule has 0 aliphatic carbocycles. The Labute approximate surface area is 159 Å². The van der Waals surface area contributed by atoms with Gasteiger partial charge < -0.3 is 15.2 Å². The Morgan fingerprint density at radius 3 is 2.48 bits per heavy atom. The molecule has 144 valence electrons. The fourth-order valence-corrected chi connectivity index (χ4v) is 2.59. The van der Waals surface area contributed by atoms with Gasteiger partial charge in [0.2, 0.25) is 11.8 Å². The lowest BCUT2D eigenvalue weighted by Crippen LogP contribution is -2.35. The number of amides is 2. The molecule has 0 saturated carbocycles. The monoisotopic (exact) mass is 369 g/mol. The number of benzene rings is 1. The molecule has 0 radical (unpaired) electrons. The molecule has 2 aromatic rings. The van der Waals surface area contributed by atoms with E-state index in [1.807, 2.05) is 44.2 Å². The number of hydrogen-bond donors (Lipinski definition) is 2. The number of anilines is 1. The van der Waals surface area contributed by atoms with Gasteiger partial charge in [0.1, 0.15) is 12.2 Å². The minimum atomic E-state index is -0.370. The van der Waals surface area contributed by atoms with Crippen molar-refractivity contribution < 1.29 is 9.59 Å². The van der Waals surface area contributed by atoms with Crippen LogP contribution in [0.25, 0.3) is 0 Å². The molecule has 1 heterocycles. The normalized spacial score (nSPS) is 11.7. The molecule has 1 atom stereocenters. The molecule has 1 aromatic heterocycles. The maximum atomic E-state index is 12.6. The van der Waals surface area contributed by atoms with E-state index in [-0.39, 0.29) is 35.5 Å². The summed E-state index contributed by atoms with van der Waals surface area (Å²) in [6.45, 7) is 5.91. The summed E-state index contributed by atoms with van der Waals surface area (Å²) in [6, 6.07) is 13.2. The number of rotatable bonds is 8. The molecule has 27 heavy (non-hydrogen) atoms. The average molecular weight is 369 g/mol. The van der Waals surface area contributed by atoms with Crippen LogP contribution in [-0.4, -0.2) is 22.9 Å². The first kappa shape index (κ1) is 20.4. The predicted octanol–water partition coefficient (Wildman–Crippen LogP) is 2.50. The van der Waals surface area contributed by atoms with E-state index >= 15 is 0 Å². The quantitative estimate of drug-likeness (QED) is 0.750. The summed E-state index contributed by atoms with van der Waals surface area (Å²) >= 11 is 0. The predicted molar refractivity (Wildman–Crippen MR) is 107 cm³/mol. The van der Waals surface area contributed by atoms with Gasteiger partial charge in [-0.05, 0) is 37.5 Å². The minimum Gasteiger partial charge on any atom is -0.354 e. The van der Waals surface area contributed by atoms with Crippen molar-refractivity contribution in [1.29, 1.82) is 0 Å². The minimum absolute atomic E-state index is 0.0769. The maximum absolute atomic E-state index is 12.6. The lowest BCUT2D eigenvalue weighted by atomic mass is 10.1. The molecule has 6 nitrogen and oxygen atoms in total. The van der Waals surface area contributed by atoms with Gasteiger partial charge in [-0.2, -0.15) is 0 Å². The number of pyridine rings is 1. The third kappa shape index (κ3) is 5.81. The smallest absolute Gasteiger partial charge is 0.274 e. The zero-order chi connectivity index (χ0) is 19.8. The molecule has 2 amide bonds. The van der Waals surface area contributed by atoms with Gasteiger partial charge in [0.05, 0.1) is 0 Å². The van der Waals surface area contributed by atoms with E-state index in [0.29, 0.717) is 18.7 Å². The van der Waals surface area contributed by atoms with E-state index in [0.717, 1.165) is 12.0 Å². The summed E-state index contributed by atoms with van der Waals surface area (Å²) in [5, 5.41) is 5.50. The Morgan fingerprint density at radius 2 is 1.81 bits per heavy atom. The number of nitrogens with zero attached hydrogens (tertiary/aromatic N) is 1. The molecule has 0 aliphatic rings. The van der Waals surface area contributed by atoms with Crippen molar-refractivity contribution in [2.75, 3.05) is 11.9 Å². The number of hydrogen-bond acceptors (Lipinski definition) is 3. The van der Waals surface area contributed by atoms with Crippen molar-refractivity contribution in [3.8, 4) is 0 Å².